The standard InChI is InChI=1S/C15H16ClN3O2/c1-2-21-15(20)19-14-11(6-3-7-12(14)16)13(18-19)10-5-4-8-17-9-10/h3,5-7,17H,2,4,8-9H2,1H3. The predicted molar refractivity (Wildman–Crippen MR) is 82.6 cm³/mol. The molecule has 5 nitrogen and oxygen atoms in total. The summed E-state index contributed by atoms with van der Waals surface area (Å²) in [6, 6.07) is 5.54. The summed E-state index contributed by atoms with van der Waals surface area (Å²) in [7, 11) is 0. The normalized spacial score (nSPS) is 15.0. The van der Waals surface area contributed by atoms with Crippen molar-refractivity contribution in [3.05, 3.63) is 35.0 Å². The summed E-state index contributed by atoms with van der Waals surface area (Å²) in [5.74, 6) is 0. The fourth-order valence-electron chi connectivity index (χ4n) is 2.50. The largest absolute Gasteiger partial charge is 0.448 e. The molecule has 0 atom stereocenters. The molecule has 0 amide bonds. The molecule has 2 heterocycles. The monoisotopic (exact) mass is 305 g/mol. The zero-order valence-corrected chi connectivity index (χ0v) is 12.5. The number of halogens is 1. The number of para-hydroxylation sites is 1. The lowest BCUT2D eigenvalue weighted by molar-refractivity contribution is 0.151. The lowest BCUT2D eigenvalue weighted by Crippen LogP contribution is -2.22. The molecule has 21 heavy (non-hydrogen) atoms. The molecule has 0 saturated carbocycles. The molecular formula is C15H16ClN3O2. The van der Waals surface area contributed by atoms with Gasteiger partial charge in [0.25, 0.3) is 0 Å². The Labute approximate surface area is 127 Å². The van der Waals surface area contributed by atoms with Crippen molar-refractivity contribution in [3.8, 4) is 0 Å². The fraction of sp³-hybridized carbons (Fsp3) is 0.333. The fourth-order valence-corrected chi connectivity index (χ4v) is 2.76. The van der Waals surface area contributed by atoms with Crippen molar-refractivity contribution < 1.29 is 9.53 Å². The minimum Gasteiger partial charge on any atom is -0.448 e. The number of hydrogen-bond donors (Lipinski definition) is 1. The quantitative estimate of drug-likeness (QED) is 0.926. The molecule has 1 N–H and O–H groups in total. The van der Waals surface area contributed by atoms with Gasteiger partial charge in [0.2, 0.25) is 0 Å². The minimum absolute atomic E-state index is 0.296. The Hall–Kier alpha value is -1.85. The van der Waals surface area contributed by atoms with Gasteiger partial charge in [0, 0.05) is 11.9 Å². The molecule has 1 aromatic heterocycles. The summed E-state index contributed by atoms with van der Waals surface area (Å²) in [6.45, 7) is 3.76. The summed E-state index contributed by atoms with van der Waals surface area (Å²) < 4.78 is 6.32. The second kappa shape index (κ2) is 5.87. The molecule has 0 radical (unpaired) electrons. The SMILES string of the molecule is CCOC(=O)n1nc(C2=CCCNC2)c2cccc(Cl)c21. The van der Waals surface area contributed by atoms with Gasteiger partial charge in [-0.3, -0.25) is 0 Å². The van der Waals surface area contributed by atoms with Crippen LogP contribution in [0.15, 0.2) is 24.3 Å². The zero-order valence-electron chi connectivity index (χ0n) is 11.7. The van der Waals surface area contributed by atoms with E-state index in [4.69, 9.17) is 16.3 Å². The molecule has 2 aromatic rings. The van der Waals surface area contributed by atoms with E-state index in [9.17, 15) is 4.79 Å². The molecule has 0 unspecified atom stereocenters. The first-order valence-corrected chi connectivity index (χ1v) is 7.34. The number of aromatic nitrogens is 2. The highest BCUT2D eigenvalue weighted by molar-refractivity contribution is 6.35. The molecule has 3 rings (SSSR count). The van der Waals surface area contributed by atoms with E-state index >= 15 is 0 Å². The second-order valence-electron chi connectivity index (χ2n) is 4.79. The van der Waals surface area contributed by atoms with Crippen molar-refractivity contribution in [1.29, 1.82) is 0 Å². The van der Waals surface area contributed by atoms with Gasteiger partial charge in [0.05, 0.1) is 22.8 Å². The van der Waals surface area contributed by atoms with Gasteiger partial charge in [-0.1, -0.05) is 29.8 Å². The van der Waals surface area contributed by atoms with Gasteiger partial charge in [0.15, 0.2) is 0 Å². The number of nitrogens with one attached hydrogen (secondary N) is 1. The summed E-state index contributed by atoms with van der Waals surface area (Å²) in [5.41, 5.74) is 2.46. The second-order valence-corrected chi connectivity index (χ2v) is 5.20. The van der Waals surface area contributed by atoms with E-state index in [0.29, 0.717) is 17.1 Å². The highest BCUT2D eigenvalue weighted by Crippen LogP contribution is 2.30. The third-order valence-corrected chi connectivity index (χ3v) is 3.73. The number of carbonyl (C=O) groups is 1. The Morgan fingerprint density at radius 1 is 1.52 bits per heavy atom. The van der Waals surface area contributed by atoms with Crippen molar-refractivity contribution in [2.24, 2.45) is 0 Å². The van der Waals surface area contributed by atoms with Gasteiger partial charge in [-0.15, -0.1) is 0 Å². The summed E-state index contributed by atoms with van der Waals surface area (Å²) in [6.07, 6.45) is 2.59. The first-order valence-electron chi connectivity index (χ1n) is 6.97. The number of fused-ring (bicyclic) bond motifs is 1. The van der Waals surface area contributed by atoms with E-state index in [2.05, 4.69) is 16.5 Å². The smallest absolute Gasteiger partial charge is 0.435 e. The molecule has 0 bridgehead atoms. The number of carbonyl (C=O) groups excluding carboxylic acids is 1. The van der Waals surface area contributed by atoms with Crippen LogP contribution in [0.5, 0.6) is 0 Å². The van der Waals surface area contributed by atoms with Crippen LogP contribution in [-0.2, 0) is 4.74 Å². The Morgan fingerprint density at radius 3 is 3.10 bits per heavy atom. The molecule has 0 fully saturated rings. The van der Waals surface area contributed by atoms with Gasteiger partial charge < -0.3 is 10.1 Å². The van der Waals surface area contributed by atoms with E-state index in [-0.39, 0.29) is 0 Å². The third-order valence-electron chi connectivity index (χ3n) is 3.43. The van der Waals surface area contributed by atoms with Gasteiger partial charge in [-0.2, -0.15) is 9.78 Å². The molecule has 110 valence electrons. The first kappa shape index (κ1) is 14.1. The maximum absolute atomic E-state index is 12.1. The molecule has 1 aromatic carbocycles. The van der Waals surface area contributed by atoms with Crippen molar-refractivity contribution in [1.82, 2.24) is 15.1 Å². The van der Waals surface area contributed by atoms with E-state index in [1.165, 1.54) is 4.68 Å². The van der Waals surface area contributed by atoms with Crippen LogP contribution >= 0.6 is 11.6 Å². The van der Waals surface area contributed by atoms with Crippen LogP contribution in [0.25, 0.3) is 16.5 Å². The number of rotatable bonds is 2. The zero-order chi connectivity index (χ0) is 14.8. The van der Waals surface area contributed by atoms with Crippen LogP contribution in [0.1, 0.15) is 19.0 Å². The van der Waals surface area contributed by atoms with Crippen molar-refractivity contribution in [2.75, 3.05) is 19.7 Å². The van der Waals surface area contributed by atoms with Crippen LogP contribution in [0, 0.1) is 0 Å². The molecule has 0 saturated heterocycles. The Morgan fingerprint density at radius 2 is 2.38 bits per heavy atom. The summed E-state index contributed by atoms with van der Waals surface area (Å²) in [5, 5.41) is 9.11. The van der Waals surface area contributed by atoms with Crippen LogP contribution in [-0.4, -0.2) is 35.6 Å². The number of benzene rings is 1. The van der Waals surface area contributed by atoms with Crippen molar-refractivity contribution in [2.45, 2.75) is 13.3 Å². The average molecular weight is 306 g/mol. The van der Waals surface area contributed by atoms with Crippen LogP contribution in [0.3, 0.4) is 0 Å². The highest BCUT2D eigenvalue weighted by Gasteiger charge is 2.21. The van der Waals surface area contributed by atoms with Gasteiger partial charge in [0.1, 0.15) is 0 Å². The van der Waals surface area contributed by atoms with Gasteiger partial charge in [-0.25, -0.2) is 4.79 Å². The maximum Gasteiger partial charge on any atom is 0.435 e. The molecule has 0 aliphatic carbocycles. The molecule has 6 heteroatoms. The molecule has 1 aliphatic rings. The lowest BCUT2D eigenvalue weighted by Gasteiger charge is -2.12. The van der Waals surface area contributed by atoms with Crippen LogP contribution in [0.2, 0.25) is 5.02 Å². The highest BCUT2D eigenvalue weighted by atomic mass is 35.5. The van der Waals surface area contributed by atoms with E-state index in [1.54, 1.807) is 13.0 Å². The van der Waals surface area contributed by atoms with Crippen molar-refractivity contribution in [3.63, 3.8) is 0 Å². The Balaban J connectivity index is 2.20. The maximum atomic E-state index is 12.1. The third kappa shape index (κ3) is 2.54. The van der Waals surface area contributed by atoms with Crippen molar-refractivity contribution >= 4 is 34.2 Å². The van der Waals surface area contributed by atoms with E-state index in [1.807, 2.05) is 12.1 Å². The number of ether oxygens (including phenoxy) is 1. The Kier molecular flexibility index (Phi) is 3.94. The van der Waals surface area contributed by atoms with E-state index < -0.39 is 6.09 Å². The topological polar surface area (TPSA) is 56.2 Å². The number of hydrogen-bond acceptors (Lipinski definition) is 4. The van der Waals surface area contributed by atoms with Gasteiger partial charge in [-0.05, 0) is 31.5 Å². The van der Waals surface area contributed by atoms with Crippen LogP contribution in [0.4, 0.5) is 4.79 Å². The lowest BCUT2D eigenvalue weighted by atomic mass is 10.0. The van der Waals surface area contributed by atoms with E-state index in [0.717, 1.165) is 36.2 Å². The summed E-state index contributed by atoms with van der Waals surface area (Å²) in [4.78, 5) is 12.1. The van der Waals surface area contributed by atoms with Crippen LogP contribution < -0.4 is 5.32 Å². The molecular weight excluding hydrogens is 290 g/mol. The Bertz CT molecular complexity index is 721. The number of nitrogens with zero attached hydrogens (tertiary/aromatic N) is 2. The average Bonchev–Trinajstić information content (AvgIpc) is 2.89. The molecule has 1 aliphatic heterocycles. The summed E-state index contributed by atoms with van der Waals surface area (Å²) >= 11 is 6.25. The molecule has 0 spiro atoms. The first-order chi connectivity index (χ1) is 10.2. The minimum atomic E-state index is -0.508. The van der Waals surface area contributed by atoms with Gasteiger partial charge >= 0.3 is 6.09 Å². The predicted octanol–water partition coefficient (Wildman–Crippen LogP) is 3.07.